The Morgan fingerprint density at radius 3 is 2.39 bits per heavy atom. The van der Waals surface area contributed by atoms with Crippen molar-refractivity contribution in [1.82, 2.24) is 4.90 Å². The molecule has 2 aliphatic carbocycles. The number of halogens is 1. The molecule has 0 atom stereocenters. The fraction of sp³-hybridized carbons (Fsp3) is 0.533. The van der Waals surface area contributed by atoms with E-state index in [1.807, 2.05) is 0 Å². The lowest BCUT2D eigenvalue weighted by molar-refractivity contribution is 0.0921. The number of hydrogen-bond acceptors (Lipinski definition) is 2. The zero-order valence-electron chi connectivity index (χ0n) is 10.4. The van der Waals surface area contributed by atoms with E-state index in [1.165, 1.54) is 37.8 Å². The summed E-state index contributed by atoms with van der Waals surface area (Å²) in [6, 6.07) is 6.50. The number of Topliss-reactive ketones (excluding diaryl/α,β-unsaturated/α-hetero) is 1. The van der Waals surface area contributed by atoms with Gasteiger partial charge in [-0.05, 0) is 55.9 Å². The van der Waals surface area contributed by atoms with Crippen LogP contribution in [0.5, 0.6) is 0 Å². The van der Waals surface area contributed by atoms with Gasteiger partial charge < -0.3 is 0 Å². The summed E-state index contributed by atoms with van der Waals surface area (Å²) in [5, 5.41) is 0. The SMILES string of the molecule is O=C(CN(CC1CC1)C1CC1)c1ccc(F)cc1. The predicted molar refractivity (Wildman–Crippen MR) is 68.0 cm³/mol. The highest BCUT2D eigenvalue weighted by Gasteiger charge is 2.34. The first-order valence-electron chi connectivity index (χ1n) is 6.75. The number of carbonyl (C=O) groups is 1. The van der Waals surface area contributed by atoms with Crippen molar-refractivity contribution in [3.63, 3.8) is 0 Å². The summed E-state index contributed by atoms with van der Waals surface area (Å²) in [4.78, 5) is 14.5. The molecule has 2 saturated carbocycles. The molecule has 0 N–H and O–H groups in total. The molecule has 2 aliphatic rings. The van der Waals surface area contributed by atoms with Crippen molar-refractivity contribution in [2.45, 2.75) is 31.7 Å². The first-order chi connectivity index (χ1) is 8.72. The summed E-state index contributed by atoms with van der Waals surface area (Å²) in [6.07, 6.45) is 5.08. The van der Waals surface area contributed by atoms with E-state index in [1.54, 1.807) is 12.1 Å². The fourth-order valence-electron chi connectivity index (χ4n) is 2.33. The van der Waals surface area contributed by atoms with Crippen molar-refractivity contribution >= 4 is 5.78 Å². The third-order valence-electron chi connectivity index (χ3n) is 3.77. The summed E-state index contributed by atoms with van der Waals surface area (Å²) < 4.78 is 12.8. The van der Waals surface area contributed by atoms with Crippen LogP contribution in [0.1, 0.15) is 36.0 Å². The molecule has 0 spiro atoms. The lowest BCUT2D eigenvalue weighted by Crippen LogP contribution is -2.33. The van der Waals surface area contributed by atoms with Crippen LogP contribution in [0.2, 0.25) is 0 Å². The molecule has 18 heavy (non-hydrogen) atoms. The lowest BCUT2D eigenvalue weighted by atomic mass is 10.1. The standard InChI is InChI=1S/C15H18FNO/c16-13-5-3-12(4-6-13)15(18)10-17(14-7-8-14)9-11-1-2-11/h3-6,11,14H,1-2,7-10H2. The van der Waals surface area contributed by atoms with Gasteiger partial charge in [0.15, 0.2) is 5.78 Å². The maximum atomic E-state index is 12.8. The molecule has 0 bridgehead atoms. The van der Waals surface area contributed by atoms with Gasteiger partial charge in [-0.15, -0.1) is 0 Å². The number of benzene rings is 1. The van der Waals surface area contributed by atoms with E-state index in [0.29, 0.717) is 18.2 Å². The molecule has 0 heterocycles. The number of nitrogens with zero attached hydrogens (tertiary/aromatic N) is 1. The Hall–Kier alpha value is -1.22. The summed E-state index contributed by atoms with van der Waals surface area (Å²) >= 11 is 0. The summed E-state index contributed by atoms with van der Waals surface area (Å²) in [5.41, 5.74) is 0.623. The van der Waals surface area contributed by atoms with Crippen molar-refractivity contribution < 1.29 is 9.18 Å². The second-order valence-electron chi connectivity index (χ2n) is 5.53. The van der Waals surface area contributed by atoms with Crippen molar-refractivity contribution in [3.05, 3.63) is 35.6 Å². The molecule has 0 aliphatic heterocycles. The number of carbonyl (C=O) groups excluding carboxylic acids is 1. The highest BCUT2D eigenvalue weighted by molar-refractivity contribution is 5.97. The van der Waals surface area contributed by atoms with Crippen LogP contribution in [0.25, 0.3) is 0 Å². The van der Waals surface area contributed by atoms with Crippen molar-refractivity contribution in [1.29, 1.82) is 0 Å². The van der Waals surface area contributed by atoms with Gasteiger partial charge in [0.05, 0.1) is 6.54 Å². The molecule has 0 amide bonds. The van der Waals surface area contributed by atoms with E-state index >= 15 is 0 Å². The molecule has 3 heteroatoms. The molecule has 2 fully saturated rings. The van der Waals surface area contributed by atoms with Crippen LogP contribution in [0, 0.1) is 11.7 Å². The quantitative estimate of drug-likeness (QED) is 0.720. The maximum Gasteiger partial charge on any atom is 0.176 e. The van der Waals surface area contributed by atoms with Gasteiger partial charge in [0, 0.05) is 18.2 Å². The minimum Gasteiger partial charge on any atom is -0.293 e. The fourth-order valence-corrected chi connectivity index (χ4v) is 2.33. The van der Waals surface area contributed by atoms with Gasteiger partial charge in [-0.3, -0.25) is 9.69 Å². The third-order valence-corrected chi connectivity index (χ3v) is 3.77. The molecule has 0 aromatic heterocycles. The minimum atomic E-state index is -0.288. The third kappa shape index (κ3) is 2.96. The van der Waals surface area contributed by atoms with Crippen LogP contribution in [0.15, 0.2) is 24.3 Å². The van der Waals surface area contributed by atoms with Crippen LogP contribution in [0.4, 0.5) is 4.39 Å². The molecule has 0 unspecified atom stereocenters. The molecule has 96 valence electrons. The zero-order valence-corrected chi connectivity index (χ0v) is 10.4. The Balaban J connectivity index is 1.62. The molecule has 1 aromatic rings. The van der Waals surface area contributed by atoms with Gasteiger partial charge in [-0.1, -0.05) is 0 Å². The Morgan fingerprint density at radius 1 is 1.17 bits per heavy atom. The van der Waals surface area contributed by atoms with Gasteiger partial charge in [-0.2, -0.15) is 0 Å². The largest absolute Gasteiger partial charge is 0.293 e. The van der Waals surface area contributed by atoms with Crippen molar-refractivity contribution in [3.8, 4) is 0 Å². The van der Waals surface area contributed by atoms with E-state index in [4.69, 9.17) is 0 Å². The average molecular weight is 247 g/mol. The summed E-state index contributed by atoms with van der Waals surface area (Å²) in [5.74, 6) is 0.637. The van der Waals surface area contributed by atoms with E-state index in [-0.39, 0.29) is 11.6 Å². The topological polar surface area (TPSA) is 20.3 Å². The molecule has 0 radical (unpaired) electrons. The number of rotatable bonds is 6. The number of hydrogen-bond donors (Lipinski definition) is 0. The minimum absolute atomic E-state index is 0.113. The Morgan fingerprint density at radius 2 is 1.83 bits per heavy atom. The molecular formula is C15H18FNO. The second-order valence-corrected chi connectivity index (χ2v) is 5.53. The Labute approximate surface area is 107 Å². The molecule has 3 rings (SSSR count). The maximum absolute atomic E-state index is 12.8. The second kappa shape index (κ2) is 4.81. The Kier molecular flexibility index (Phi) is 3.16. The highest BCUT2D eigenvalue weighted by atomic mass is 19.1. The van der Waals surface area contributed by atoms with Gasteiger partial charge in [-0.25, -0.2) is 4.39 Å². The summed E-state index contributed by atoms with van der Waals surface area (Å²) in [6.45, 7) is 1.56. The van der Waals surface area contributed by atoms with E-state index < -0.39 is 0 Å². The molecule has 2 nitrogen and oxygen atoms in total. The first kappa shape index (κ1) is 11.8. The van der Waals surface area contributed by atoms with Crippen molar-refractivity contribution in [2.24, 2.45) is 5.92 Å². The van der Waals surface area contributed by atoms with Crippen LogP contribution < -0.4 is 0 Å². The van der Waals surface area contributed by atoms with E-state index in [2.05, 4.69) is 4.90 Å². The van der Waals surface area contributed by atoms with Crippen LogP contribution >= 0.6 is 0 Å². The van der Waals surface area contributed by atoms with Crippen LogP contribution in [0.3, 0.4) is 0 Å². The van der Waals surface area contributed by atoms with E-state index in [9.17, 15) is 9.18 Å². The lowest BCUT2D eigenvalue weighted by Gasteiger charge is -2.20. The van der Waals surface area contributed by atoms with E-state index in [0.717, 1.165) is 12.5 Å². The van der Waals surface area contributed by atoms with Gasteiger partial charge in [0.25, 0.3) is 0 Å². The highest BCUT2D eigenvalue weighted by Crippen LogP contribution is 2.34. The summed E-state index contributed by atoms with van der Waals surface area (Å²) in [7, 11) is 0. The van der Waals surface area contributed by atoms with Gasteiger partial charge in [0.2, 0.25) is 0 Å². The average Bonchev–Trinajstić information content (AvgIpc) is 3.23. The first-order valence-corrected chi connectivity index (χ1v) is 6.75. The van der Waals surface area contributed by atoms with Crippen LogP contribution in [-0.2, 0) is 0 Å². The normalized spacial score (nSPS) is 19.2. The molecule has 0 saturated heterocycles. The predicted octanol–water partition coefficient (Wildman–Crippen LogP) is 2.88. The van der Waals surface area contributed by atoms with Crippen molar-refractivity contribution in [2.75, 3.05) is 13.1 Å². The van der Waals surface area contributed by atoms with Crippen LogP contribution in [-0.4, -0.2) is 29.8 Å². The zero-order chi connectivity index (χ0) is 12.5. The monoisotopic (exact) mass is 247 g/mol. The Bertz CT molecular complexity index is 434. The van der Waals surface area contributed by atoms with Gasteiger partial charge >= 0.3 is 0 Å². The molecular weight excluding hydrogens is 229 g/mol. The molecule has 1 aromatic carbocycles. The van der Waals surface area contributed by atoms with Gasteiger partial charge in [0.1, 0.15) is 5.82 Å². The smallest absolute Gasteiger partial charge is 0.176 e. The number of ketones is 1.